The fourth-order valence-electron chi connectivity index (χ4n) is 2.35. The molecule has 0 aromatic heterocycles. The minimum Gasteiger partial charge on any atom is -0.325 e. The summed E-state index contributed by atoms with van der Waals surface area (Å²) in [4.78, 5) is 33.4. The monoisotopic (exact) mass is 445 g/mol. The average molecular weight is 445 g/mol. The maximum Gasteiger partial charge on any atom is 0.416 e. The van der Waals surface area contributed by atoms with E-state index in [4.69, 9.17) is 0 Å². The van der Waals surface area contributed by atoms with Gasteiger partial charge in [-0.15, -0.1) is 0 Å². The first-order chi connectivity index (χ1) is 13.7. The van der Waals surface area contributed by atoms with E-state index in [1.165, 1.54) is 0 Å². The number of halogens is 3. The first-order valence-corrected chi connectivity index (χ1v) is 9.87. The highest BCUT2D eigenvalue weighted by atomic mass is 32.2. The molecule has 9 nitrogen and oxygen atoms in total. The number of carbonyl (C=O) groups excluding carboxylic acids is 2. The number of sulfone groups is 1. The molecule has 0 heterocycles. The van der Waals surface area contributed by atoms with Crippen molar-refractivity contribution in [1.82, 2.24) is 0 Å². The fraction of sp³-hybridized carbons (Fsp3) is 0.176. The Morgan fingerprint density at radius 3 is 2.17 bits per heavy atom. The Kier molecular flexibility index (Phi) is 6.16. The zero-order chi connectivity index (χ0) is 22.9. The summed E-state index contributed by atoms with van der Waals surface area (Å²) in [6.45, 7) is 1.10. The normalized spacial score (nSPS) is 11.6. The number of nitrogens with one attached hydrogen (secondary N) is 2. The fourth-order valence-corrected chi connectivity index (χ4v) is 3.03. The molecular formula is C17H14F3N3O6S. The second-order valence-corrected chi connectivity index (χ2v) is 8.15. The van der Waals surface area contributed by atoms with Crippen LogP contribution in [0.2, 0.25) is 0 Å². The van der Waals surface area contributed by atoms with E-state index in [1.54, 1.807) is 0 Å². The third kappa shape index (κ3) is 5.53. The molecule has 2 aromatic carbocycles. The molecule has 0 aliphatic carbocycles. The summed E-state index contributed by atoms with van der Waals surface area (Å²) in [5.41, 5.74) is -2.89. The standard InChI is InChI=1S/C17H14F3N3O6S/c1-9(24)21-14-4-3-11(17(18,19)20)7-15(14)22-16(25)10-5-12(23(26)27)8-13(6-10)30(2,28)29/h3-8H,1-2H3,(H,21,24)(H,22,25). The van der Waals surface area contributed by atoms with Gasteiger partial charge >= 0.3 is 6.18 Å². The quantitative estimate of drug-likeness (QED) is 0.536. The second kappa shape index (κ2) is 8.10. The Bertz CT molecular complexity index is 1150. The molecule has 30 heavy (non-hydrogen) atoms. The van der Waals surface area contributed by atoms with Gasteiger partial charge in [0.15, 0.2) is 9.84 Å². The number of nitrogens with zero attached hydrogens (tertiary/aromatic N) is 1. The summed E-state index contributed by atoms with van der Waals surface area (Å²) in [6, 6.07) is 4.56. The van der Waals surface area contributed by atoms with E-state index in [-0.39, 0.29) is 5.69 Å². The number of hydrogen-bond donors (Lipinski definition) is 2. The predicted molar refractivity (Wildman–Crippen MR) is 99.9 cm³/mol. The van der Waals surface area contributed by atoms with E-state index < -0.39 is 60.1 Å². The first-order valence-electron chi connectivity index (χ1n) is 7.98. The number of anilines is 2. The lowest BCUT2D eigenvalue weighted by molar-refractivity contribution is -0.385. The number of alkyl halides is 3. The highest BCUT2D eigenvalue weighted by molar-refractivity contribution is 7.90. The van der Waals surface area contributed by atoms with Crippen molar-refractivity contribution in [3.05, 3.63) is 57.6 Å². The number of nitro groups is 1. The summed E-state index contributed by atoms with van der Waals surface area (Å²) in [5, 5.41) is 15.4. The Morgan fingerprint density at radius 2 is 1.67 bits per heavy atom. The van der Waals surface area contributed by atoms with Crippen LogP contribution in [0.15, 0.2) is 41.3 Å². The Morgan fingerprint density at radius 1 is 1.03 bits per heavy atom. The number of rotatable bonds is 5. The molecule has 0 radical (unpaired) electrons. The van der Waals surface area contributed by atoms with Gasteiger partial charge in [-0.25, -0.2) is 8.42 Å². The number of carbonyl (C=O) groups is 2. The SMILES string of the molecule is CC(=O)Nc1ccc(C(F)(F)F)cc1NC(=O)c1cc([N+](=O)[O-])cc(S(C)(=O)=O)c1. The molecule has 2 amide bonds. The van der Waals surface area contributed by atoms with Crippen LogP contribution < -0.4 is 10.6 Å². The third-order valence-electron chi connectivity index (χ3n) is 3.70. The number of non-ortho nitro benzene ring substituents is 1. The zero-order valence-corrected chi connectivity index (χ0v) is 16.2. The lowest BCUT2D eigenvalue weighted by Gasteiger charge is -2.15. The molecule has 13 heteroatoms. The van der Waals surface area contributed by atoms with Gasteiger partial charge in [0.1, 0.15) is 0 Å². The van der Waals surface area contributed by atoms with Crippen molar-refractivity contribution in [3.8, 4) is 0 Å². The summed E-state index contributed by atoms with van der Waals surface area (Å²) in [6.07, 6.45) is -3.97. The molecule has 0 fully saturated rings. The van der Waals surface area contributed by atoms with Crippen molar-refractivity contribution in [2.45, 2.75) is 18.0 Å². The van der Waals surface area contributed by atoms with Crippen LogP contribution in [0.1, 0.15) is 22.8 Å². The van der Waals surface area contributed by atoms with Gasteiger partial charge in [-0.1, -0.05) is 0 Å². The van der Waals surface area contributed by atoms with E-state index >= 15 is 0 Å². The highest BCUT2D eigenvalue weighted by Crippen LogP contribution is 2.34. The number of nitro benzene ring substituents is 1. The van der Waals surface area contributed by atoms with E-state index in [2.05, 4.69) is 10.6 Å². The Hall–Kier alpha value is -3.48. The molecule has 0 saturated carbocycles. The van der Waals surface area contributed by atoms with Gasteiger partial charge in [-0.05, 0) is 24.3 Å². The van der Waals surface area contributed by atoms with Crippen LogP contribution in [-0.4, -0.2) is 31.4 Å². The first kappa shape index (κ1) is 22.8. The average Bonchev–Trinajstić information content (AvgIpc) is 2.60. The van der Waals surface area contributed by atoms with Crippen LogP contribution in [0.5, 0.6) is 0 Å². The van der Waals surface area contributed by atoms with Crippen molar-refractivity contribution in [2.24, 2.45) is 0 Å². The van der Waals surface area contributed by atoms with Crippen molar-refractivity contribution in [1.29, 1.82) is 0 Å². The van der Waals surface area contributed by atoms with Crippen LogP contribution >= 0.6 is 0 Å². The van der Waals surface area contributed by atoms with Crippen molar-refractivity contribution >= 4 is 38.7 Å². The van der Waals surface area contributed by atoms with Gasteiger partial charge in [0.2, 0.25) is 5.91 Å². The lowest BCUT2D eigenvalue weighted by Crippen LogP contribution is -2.17. The number of hydrogen-bond acceptors (Lipinski definition) is 6. The highest BCUT2D eigenvalue weighted by Gasteiger charge is 2.31. The van der Waals surface area contributed by atoms with E-state index in [0.29, 0.717) is 12.1 Å². The molecule has 2 N–H and O–H groups in total. The van der Waals surface area contributed by atoms with Gasteiger partial charge in [0.05, 0.1) is 26.8 Å². The molecule has 2 rings (SSSR count). The smallest absolute Gasteiger partial charge is 0.325 e. The summed E-state index contributed by atoms with van der Waals surface area (Å²) in [5.74, 6) is -1.74. The molecule has 0 spiro atoms. The molecule has 0 atom stereocenters. The number of amides is 2. The largest absolute Gasteiger partial charge is 0.416 e. The third-order valence-corrected chi connectivity index (χ3v) is 4.79. The summed E-state index contributed by atoms with van der Waals surface area (Å²) < 4.78 is 62.5. The van der Waals surface area contributed by atoms with Gasteiger partial charge in [-0.2, -0.15) is 13.2 Å². The molecule has 0 unspecified atom stereocenters. The summed E-state index contributed by atoms with van der Waals surface area (Å²) >= 11 is 0. The molecular weight excluding hydrogens is 431 g/mol. The summed E-state index contributed by atoms with van der Waals surface area (Å²) in [7, 11) is -3.93. The zero-order valence-electron chi connectivity index (χ0n) is 15.4. The van der Waals surface area contributed by atoms with Crippen molar-refractivity contribution in [2.75, 3.05) is 16.9 Å². The predicted octanol–water partition coefficient (Wildman–Crippen LogP) is 3.23. The molecule has 0 saturated heterocycles. The Balaban J connectivity index is 2.54. The van der Waals surface area contributed by atoms with Crippen LogP contribution in [0.3, 0.4) is 0 Å². The maximum atomic E-state index is 13.0. The van der Waals surface area contributed by atoms with E-state index in [9.17, 15) is 41.3 Å². The minimum absolute atomic E-state index is 0.155. The van der Waals surface area contributed by atoms with Crippen molar-refractivity contribution < 1.29 is 36.1 Å². The Labute approximate surface area is 168 Å². The van der Waals surface area contributed by atoms with Crippen LogP contribution in [0.25, 0.3) is 0 Å². The molecule has 0 bridgehead atoms. The lowest BCUT2D eigenvalue weighted by atomic mass is 10.1. The van der Waals surface area contributed by atoms with E-state index in [0.717, 1.165) is 37.4 Å². The van der Waals surface area contributed by atoms with Gasteiger partial charge < -0.3 is 10.6 Å². The molecule has 2 aromatic rings. The van der Waals surface area contributed by atoms with Gasteiger partial charge in [0.25, 0.3) is 11.6 Å². The van der Waals surface area contributed by atoms with Crippen LogP contribution in [0, 0.1) is 10.1 Å². The van der Waals surface area contributed by atoms with Crippen LogP contribution in [0.4, 0.5) is 30.2 Å². The van der Waals surface area contributed by atoms with Gasteiger partial charge in [0, 0.05) is 30.9 Å². The van der Waals surface area contributed by atoms with Crippen molar-refractivity contribution in [3.63, 3.8) is 0 Å². The molecule has 0 aliphatic heterocycles. The minimum atomic E-state index is -4.75. The van der Waals surface area contributed by atoms with E-state index in [1.807, 2.05) is 0 Å². The number of benzene rings is 2. The topological polar surface area (TPSA) is 135 Å². The maximum absolute atomic E-state index is 13.0. The van der Waals surface area contributed by atoms with Crippen LogP contribution in [-0.2, 0) is 20.8 Å². The molecule has 0 aliphatic rings. The molecule has 160 valence electrons. The second-order valence-electron chi connectivity index (χ2n) is 6.14. The van der Waals surface area contributed by atoms with Gasteiger partial charge in [-0.3, -0.25) is 19.7 Å².